The molecule has 310 valence electrons. The zero-order valence-electron chi connectivity index (χ0n) is 36.3. The summed E-state index contributed by atoms with van der Waals surface area (Å²) in [6, 6.07) is 95.0. The smallest absolute Gasteiger partial charge is 0.160 e. The van der Waals surface area contributed by atoms with Gasteiger partial charge in [-0.15, -0.1) is 0 Å². The van der Waals surface area contributed by atoms with E-state index < -0.39 is 0 Å². The van der Waals surface area contributed by atoms with Crippen LogP contribution < -0.4 is 0 Å². The van der Waals surface area contributed by atoms with Crippen LogP contribution in [-0.4, -0.2) is 9.97 Å². The molecule has 0 amide bonds. The predicted molar refractivity (Wildman–Crippen MR) is 276 cm³/mol. The van der Waals surface area contributed by atoms with E-state index >= 15 is 0 Å². The van der Waals surface area contributed by atoms with Crippen molar-refractivity contribution in [2.24, 2.45) is 0 Å². The van der Waals surface area contributed by atoms with Crippen LogP contribution in [0.4, 0.5) is 0 Å². The summed E-state index contributed by atoms with van der Waals surface area (Å²) >= 11 is 0. The van der Waals surface area contributed by atoms with E-state index in [4.69, 9.17) is 9.97 Å². The Labute approximate surface area is 386 Å². The number of aromatic nitrogens is 2. The van der Waals surface area contributed by atoms with Gasteiger partial charge in [0, 0.05) is 16.7 Å². The van der Waals surface area contributed by atoms with Crippen molar-refractivity contribution in [3.8, 4) is 112 Å². The van der Waals surface area contributed by atoms with Gasteiger partial charge in [-0.1, -0.05) is 243 Å². The monoisotopic (exact) mass is 840 g/mol. The maximum Gasteiger partial charge on any atom is 0.160 e. The molecule has 0 fully saturated rings. The van der Waals surface area contributed by atoms with Crippen LogP contribution in [-0.2, 0) is 0 Å². The average Bonchev–Trinajstić information content (AvgIpc) is 3.42. The number of benzene rings is 10. The van der Waals surface area contributed by atoms with Gasteiger partial charge in [-0.05, 0) is 102 Å². The lowest BCUT2D eigenvalue weighted by atomic mass is 9.79. The highest BCUT2D eigenvalue weighted by Crippen LogP contribution is 2.50. The molecule has 0 aliphatic heterocycles. The Morgan fingerprint density at radius 3 is 0.894 bits per heavy atom. The lowest BCUT2D eigenvalue weighted by Crippen LogP contribution is -1.98. The molecule has 66 heavy (non-hydrogen) atoms. The molecule has 0 aliphatic rings. The van der Waals surface area contributed by atoms with Gasteiger partial charge in [-0.25, -0.2) is 9.97 Å². The van der Waals surface area contributed by atoms with Gasteiger partial charge in [0.05, 0.1) is 11.4 Å². The first-order valence-electron chi connectivity index (χ1n) is 22.5. The van der Waals surface area contributed by atoms with Gasteiger partial charge >= 0.3 is 0 Å². The highest BCUT2D eigenvalue weighted by atomic mass is 14.9. The Kier molecular flexibility index (Phi) is 11.0. The van der Waals surface area contributed by atoms with E-state index in [0.717, 1.165) is 78.1 Å². The molecule has 1 heterocycles. The maximum atomic E-state index is 5.32. The van der Waals surface area contributed by atoms with Crippen molar-refractivity contribution < 1.29 is 0 Å². The predicted octanol–water partition coefficient (Wildman–Crippen LogP) is 17.1. The fourth-order valence-corrected chi connectivity index (χ4v) is 9.11. The summed E-state index contributed by atoms with van der Waals surface area (Å²) in [4.78, 5) is 10.6. The van der Waals surface area contributed by atoms with Crippen LogP contribution in [0.5, 0.6) is 0 Å². The number of nitrogens with zero attached hydrogens (tertiary/aromatic N) is 2. The first-order valence-corrected chi connectivity index (χ1v) is 22.5. The highest BCUT2D eigenvalue weighted by molar-refractivity contribution is 6.07. The van der Waals surface area contributed by atoms with Gasteiger partial charge in [0.1, 0.15) is 0 Å². The SMILES string of the molecule is c1ccc(-c2cccc(-c3cc(-c4cccc(-c5ccccc5)c4)nc(-c4ccc(-c5cc(-c6ccccc6)c(-c6ccccc6)c(-c6ccccc6)c5-c5ccccc5)cc4)n3)c2)cc1. The molecule has 1 aromatic heterocycles. The summed E-state index contributed by atoms with van der Waals surface area (Å²) in [6.07, 6.45) is 0. The van der Waals surface area contributed by atoms with Crippen molar-refractivity contribution in [1.29, 1.82) is 0 Å². The zero-order chi connectivity index (χ0) is 44.1. The summed E-state index contributed by atoms with van der Waals surface area (Å²) in [5.41, 5.74) is 21.0. The standard InChI is InChI=1S/C64H44N2/c1-7-21-45(22-8-1)53-33-19-35-55(41-53)59-44-60(56-36-20-34-54(42-56)46-23-9-2-10-24-46)66-64(65-59)52-39-37-48(38-40-52)58-43-57(47-25-11-3-12-26-47)61(49-27-13-4-14-28-49)63(51-31-17-6-18-32-51)62(58)50-29-15-5-16-30-50/h1-44H. The van der Waals surface area contributed by atoms with E-state index in [9.17, 15) is 0 Å². The van der Waals surface area contributed by atoms with E-state index in [1.165, 1.54) is 27.8 Å². The van der Waals surface area contributed by atoms with Crippen molar-refractivity contribution in [3.63, 3.8) is 0 Å². The van der Waals surface area contributed by atoms with Crippen molar-refractivity contribution in [2.75, 3.05) is 0 Å². The van der Waals surface area contributed by atoms with Crippen LogP contribution in [0.25, 0.3) is 112 Å². The maximum absolute atomic E-state index is 5.32. The highest BCUT2D eigenvalue weighted by Gasteiger charge is 2.24. The minimum atomic E-state index is 0.668. The van der Waals surface area contributed by atoms with Gasteiger partial charge in [-0.2, -0.15) is 0 Å². The quantitative estimate of drug-likeness (QED) is 0.137. The summed E-state index contributed by atoms with van der Waals surface area (Å²) in [5.74, 6) is 0.668. The van der Waals surface area contributed by atoms with Crippen molar-refractivity contribution in [2.45, 2.75) is 0 Å². The summed E-state index contributed by atoms with van der Waals surface area (Å²) < 4.78 is 0. The lowest BCUT2D eigenvalue weighted by molar-refractivity contribution is 1.18. The molecule has 0 aliphatic carbocycles. The molecule has 0 radical (unpaired) electrons. The van der Waals surface area contributed by atoms with E-state index in [0.29, 0.717) is 5.82 Å². The van der Waals surface area contributed by atoms with E-state index in [1.54, 1.807) is 0 Å². The second-order valence-electron chi connectivity index (χ2n) is 16.5. The minimum absolute atomic E-state index is 0.668. The van der Waals surface area contributed by atoms with Crippen LogP contribution in [0.15, 0.2) is 267 Å². The third kappa shape index (κ3) is 8.16. The molecule has 0 unspecified atom stereocenters. The van der Waals surface area contributed by atoms with Crippen LogP contribution in [0, 0.1) is 0 Å². The molecular weight excluding hydrogens is 797 g/mol. The Balaban J connectivity index is 1.10. The minimum Gasteiger partial charge on any atom is -0.228 e. The summed E-state index contributed by atoms with van der Waals surface area (Å²) in [5, 5.41) is 0. The fraction of sp³-hybridized carbons (Fsp3) is 0. The number of hydrogen-bond acceptors (Lipinski definition) is 2. The van der Waals surface area contributed by atoms with Crippen LogP contribution in [0.3, 0.4) is 0 Å². The van der Waals surface area contributed by atoms with Gasteiger partial charge in [0.15, 0.2) is 5.82 Å². The summed E-state index contributed by atoms with van der Waals surface area (Å²) in [6.45, 7) is 0. The van der Waals surface area contributed by atoms with Crippen molar-refractivity contribution >= 4 is 0 Å². The summed E-state index contributed by atoms with van der Waals surface area (Å²) in [7, 11) is 0. The van der Waals surface area contributed by atoms with Gasteiger partial charge in [0.25, 0.3) is 0 Å². The van der Waals surface area contributed by atoms with Gasteiger partial charge in [-0.3, -0.25) is 0 Å². The van der Waals surface area contributed by atoms with Crippen LogP contribution in [0.2, 0.25) is 0 Å². The Hall–Kier alpha value is -8.72. The van der Waals surface area contributed by atoms with Crippen LogP contribution >= 0.6 is 0 Å². The zero-order valence-corrected chi connectivity index (χ0v) is 36.3. The normalized spacial score (nSPS) is 11.0. The second-order valence-corrected chi connectivity index (χ2v) is 16.5. The molecule has 0 atom stereocenters. The average molecular weight is 841 g/mol. The Morgan fingerprint density at radius 2 is 0.485 bits per heavy atom. The Morgan fingerprint density at radius 1 is 0.182 bits per heavy atom. The topological polar surface area (TPSA) is 25.8 Å². The molecule has 0 saturated carbocycles. The van der Waals surface area contributed by atoms with E-state index in [2.05, 4.69) is 267 Å². The Bertz CT molecular complexity index is 3300. The molecule has 0 saturated heterocycles. The van der Waals surface area contributed by atoms with E-state index in [1.807, 2.05) is 0 Å². The number of rotatable bonds is 10. The fourth-order valence-electron chi connectivity index (χ4n) is 9.11. The third-order valence-corrected chi connectivity index (χ3v) is 12.3. The first-order chi connectivity index (χ1) is 32.7. The van der Waals surface area contributed by atoms with Crippen LogP contribution in [0.1, 0.15) is 0 Å². The molecule has 2 nitrogen and oxygen atoms in total. The second kappa shape index (κ2) is 18.2. The molecule has 0 N–H and O–H groups in total. The third-order valence-electron chi connectivity index (χ3n) is 12.3. The molecular formula is C64H44N2. The number of hydrogen-bond donors (Lipinski definition) is 0. The van der Waals surface area contributed by atoms with Crippen molar-refractivity contribution in [3.05, 3.63) is 267 Å². The van der Waals surface area contributed by atoms with Gasteiger partial charge < -0.3 is 0 Å². The van der Waals surface area contributed by atoms with Gasteiger partial charge in [0.2, 0.25) is 0 Å². The van der Waals surface area contributed by atoms with Crippen molar-refractivity contribution in [1.82, 2.24) is 9.97 Å². The molecule has 11 aromatic rings. The first kappa shape index (κ1) is 40.1. The van der Waals surface area contributed by atoms with E-state index in [-0.39, 0.29) is 0 Å². The molecule has 10 aromatic carbocycles. The molecule has 2 heteroatoms. The largest absolute Gasteiger partial charge is 0.228 e. The molecule has 0 spiro atoms. The molecule has 0 bridgehead atoms. The lowest BCUT2D eigenvalue weighted by Gasteiger charge is -2.24. The molecule has 11 rings (SSSR count).